The smallest absolute Gasteiger partial charge is 0.228 e. The number of fused-ring (bicyclic) bond motifs is 1. The molecular formula is C12H14ClNO2. The van der Waals surface area contributed by atoms with Gasteiger partial charge in [-0.25, -0.2) is 0 Å². The van der Waals surface area contributed by atoms with Crippen LogP contribution >= 0.6 is 11.6 Å². The van der Waals surface area contributed by atoms with Crippen molar-refractivity contribution >= 4 is 23.2 Å². The van der Waals surface area contributed by atoms with Gasteiger partial charge in [0.25, 0.3) is 0 Å². The fourth-order valence-corrected chi connectivity index (χ4v) is 1.96. The van der Waals surface area contributed by atoms with Crippen LogP contribution in [0.2, 0.25) is 0 Å². The number of amides is 1. The van der Waals surface area contributed by atoms with Crippen LogP contribution in [0.25, 0.3) is 0 Å². The monoisotopic (exact) mass is 239 g/mol. The Morgan fingerprint density at radius 3 is 3.06 bits per heavy atom. The number of carbonyl (C=O) groups is 1. The third kappa shape index (κ3) is 2.30. The molecule has 1 aromatic carbocycles. The lowest BCUT2D eigenvalue weighted by molar-refractivity contribution is -0.118. The number of benzene rings is 1. The average molecular weight is 240 g/mol. The molecule has 0 fully saturated rings. The van der Waals surface area contributed by atoms with E-state index in [0.29, 0.717) is 25.5 Å². The van der Waals surface area contributed by atoms with E-state index < -0.39 is 0 Å². The largest absolute Gasteiger partial charge is 0.491 e. The van der Waals surface area contributed by atoms with Gasteiger partial charge in [0, 0.05) is 18.8 Å². The van der Waals surface area contributed by atoms with E-state index in [1.54, 1.807) is 4.90 Å². The summed E-state index contributed by atoms with van der Waals surface area (Å²) in [7, 11) is 0. The second-order valence-corrected chi connectivity index (χ2v) is 4.03. The van der Waals surface area contributed by atoms with Crippen molar-refractivity contribution in [3.8, 4) is 5.75 Å². The molecule has 86 valence electrons. The standard InChI is InChI=1S/C12H14ClNO2/c13-7-6-12(15)14-8-3-9-16-11-5-2-1-4-10(11)14/h1-2,4-5H,3,6-9H2. The van der Waals surface area contributed by atoms with E-state index >= 15 is 0 Å². The Hall–Kier alpha value is -1.22. The van der Waals surface area contributed by atoms with Crippen LogP contribution in [0.4, 0.5) is 5.69 Å². The number of ether oxygens (including phenoxy) is 1. The summed E-state index contributed by atoms with van der Waals surface area (Å²) in [6.07, 6.45) is 1.22. The van der Waals surface area contributed by atoms with Crippen LogP contribution in [-0.2, 0) is 4.79 Å². The fourth-order valence-electron chi connectivity index (χ4n) is 1.80. The number of hydrogen-bond acceptors (Lipinski definition) is 2. The molecule has 1 heterocycles. The molecule has 2 rings (SSSR count). The number of alkyl halides is 1. The molecule has 1 aliphatic rings. The van der Waals surface area contributed by atoms with E-state index in [1.807, 2.05) is 24.3 Å². The zero-order valence-corrected chi connectivity index (χ0v) is 9.74. The minimum atomic E-state index is 0.0629. The molecule has 0 unspecified atom stereocenters. The topological polar surface area (TPSA) is 29.5 Å². The lowest BCUT2D eigenvalue weighted by atomic mass is 10.2. The van der Waals surface area contributed by atoms with Crippen molar-refractivity contribution < 1.29 is 9.53 Å². The van der Waals surface area contributed by atoms with Gasteiger partial charge >= 0.3 is 0 Å². The van der Waals surface area contributed by atoms with Gasteiger partial charge in [0.1, 0.15) is 5.75 Å². The third-order valence-electron chi connectivity index (χ3n) is 2.55. The van der Waals surface area contributed by atoms with Crippen LogP contribution in [0.3, 0.4) is 0 Å². The fraction of sp³-hybridized carbons (Fsp3) is 0.417. The molecule has 0 saturated carbocycles. The van der Waals surface area contributed by atoms with Gasteiger partial charge < -0.3 is 9.64 Å². The summed E-state index contributed by atoms with van der Waals surface area (Å²) in [5.41, 5.74) is 0.857. The van der Waals surface area contributed by atoms with E-state index in [9.17, 15) is 4.79 Å². The first kappa shape index (κ1) is 11.3. The first-order valence-electron chi connectivity index (χ1n) is 5.41. The van der Waals surface area contributed by atoms with Crippen molar-refractivity contribution in [3.63, 3.8) is 0 Å². The predicted molar refractivity (Wildman–Crippen MR) is 64.2 cm³/mol. The van der Waals surface area contributed by atoms with E-state index in [2.05, 4.69) is 0 Å². The van der Waals surface area contributed by atoms with Crippen molar-refractivity contribution in [1.29, 1.82) is 0 Å². The second-order valence-electron chi connectivity index (χ2n) is 3.65. The minimum Gasteiger partial charge on any atom is -0.491 e. The number of halogens is 1. The number of hydrogen-bond donors (Lipinski definition) is 0. The normalized spacial score (nSPS) is 14.9. The Bertz CT molecular complexity index is 381. The highest BCUT2D eigenvalue weighted by Crippen LogP contribution is 2.30. The maximum Gasteiger partial charge on any atom is 0.228 e. The minimum absolute atomic E-state index is 0.0629. The molecule has 0 saturated heterocycles. The highest BCUT2D eigenvalue weighted by molar-refractivity contribution is 6.19. The molecule has 0 spiro atoms. The van der Waals surface area contributed by atoms with Gasteiger partial charge in [0.2, 0.25) is 5.91 Å². The number of rotatable bonds is 2. The molecular weight excluding hydrogens is 226 g/mol. The molecule has 3 nitrogen and oxygen atoms in total. The molecule has 1 amide bonds. The van der Waals surface area contributed by atoms with Gasteiger partial charge in [-0.1, -0.05) is 12.1 Å². The molecule has 0 N–H and O–H groups in total. The van der Waals surface area contributed by atoms with Crippen molar-refractivity contribution in [1.82, 2.24) is 0 Å². The molecule has 0 bridgehead atoms. The van der Waals surface area contributed by atoms with E-state index in [4.69, 9.17) is 16.3 Å². The number of carbonyl (C=O) groups excluding carboxylic acids is 1. The molecule has 0 radical (unpaired) electrons. The Kier molecular flexibility index (Phi) is 3.67. The van der Waals surface area contributed by atoms with Crippen LogP contribution in [0.15, 0.2) is 24.3 Å². The summed E-state index contributed by atoms with van der Waals surface area (Å²) in [4.78, 5) is 13.7. The zero-order valence-electron chi connectivity index (χ0n) is 8.99. The van der Waals surface area contributed by atoms with Gasteiger partial charge in [0.15, 0.2) is 0 Å². The van der Waals surface area contributed by atoms with Crippen LogP contribution in [-0.4, -0.2) is 24.9 Å². The molecule has 0 aliphatic carbocycles. The Labute approximate surface area is 100.0 Å². The highest BCUT2D eigenvalue weighted by Gasteiger charge is 2.20. The highest BCUT2D eigenvalue weighted by atomic mass is 35.5. The summed E-state index contributed by atoms with van der Waals surface area (Å²) in [6.45, 7) is 1.36. The SMILES string of the molecule is O=C(CCCl)N1CCCOc2ccccc21. The summed E-state index contributed by atoms with van der Waals surface area (Å²) < 4.78 is 5.58. The average Bonchev–Trinajstić information content (AvgIpc) is 2.51. The number of anilines is 1. The molecule has 16 heavy (non-hydrogen) atoms. The van der Waals surface area contributed by atoms with Gasteiger partial charge in [-0.05, 0) is 18.6 Å². The van der Waals surface area contributed by atoms with Crippen LogP contribution in [0.1, 0.15) is 12.8 Å². The summed E-state index contributed by atoms with van der Waals surface area (Å²) in [5.74, 6) is 1.20. The van der Waals surface area contributed by atoms with Crippen molar-refractivity contribution in [2.45, 2.75) is 12.8 Å². The molecule has 4 heteroatoms. The van der Waals surface area contributed by atoms with Crippen LogP contribution in [0.5, 0.6) is 5.75 Å². The Balaban J connectivity index is 2.28. The maximum absolute atomic E-state index is 11.9. The quantitative estimate of drug-likeness (QED) is 0.742. The Morgan fingerprint density at radius 2 is 2.25 bits per heavy atom. The van der Waals surface area contributed by atoms with Crippen molar-refractivity contribution in [2.24, 2.45) is 0 Å². The number of nitrogens with zero attached hydrogens (tertiary/aromatic N) is 1. The second kappa shape index (κ2) is 5.21. The van der Waals surface area contributed by atoms with Crippen LogP contribution in [0, 0.1) is 0 Å². The van der Waals surface area contributed by atoms with Crippen molar-refractivity contribution in [2.75, 3.05) is 23.9 Å². The Morgan fingerprint density at radius 1 is 1.44 bits per heavy atom. The maximum atomic E-state index is 11.9. The molecule has 1 aromatic rings. The predicted octanol–water partition coefficient (Wildman–Crippen LogP) is 2.43. The summed E-state index contributed by atoms with van der Waals surface area (Å²) in [6, 6.07) is 7.62. The number of para-hydroxylation sites is 2. The van der Waals surface area contributed by atoms with Crippen molar-refractivity contribution in [3.05, 3.63) is 24.3 Å². The van der Waals surface area contributed by atoms with Gasteiger partial charge in [-0.2, -0.15) is 0 Å². The van der Waals surface area contributed by atoms with Gasteiger partial charge in [0.05, 0.1) is 12.3 Å². The molecule has 0 aromatic heterocycles. The van der Waals surface area contributed by atoms with Gasteiger partial charge in [-0.3, -0.25) is 4.79 Å². The third-order valence-corrected chi connectivity index (χ3v) is 2.74. The van der Waals surface area contributed by atoms with Gasteiger partial charge in [-0.15, -0.1) is 11.6 Å². The summed E-state index contributed by atoms with van der Waals surface area (Å²) in [5, 5.41) is 0. The molecule has 0 atom stereocenters. The summed E-state index contributed by atoms with van der Waals surface area (Å²) >= 11 is 5.60. The van der Waals surface area contributed by atoms with Crippen LogP contribution < -0.4 is 9.64 Å². The van der Waals surface area contributed by atoms with E-state index in [-0.39, 0.29) is 5.91 Å². The lowest BCUT2D eigenvalue weighted by Crippen LogP contribution is -2.31. The van der Waals surface area contributed by atoms with E-state index in [1.165, 1.54) is 0 Å². The van der Waals surface area contributed by atoms with E-state index in [0.717, 1.165) is 17.9 Å². The molecule has 1 aliphatic heterocycles. The zero-order chi connectivity index (χ0) is 11.4. The first-order chi connectivity index (χ1) is 7.83. The lowest BCUT2D eigenvalue weighted by Gasteiger charge is -2.21. The first-order valence-corrected chi connectivity index (χ1v) is 5.94.